The molecule has 1 unspecified atom stereocenters. The molecule has 1 atom stereocenters. The number of ether oxygens (including phenoxy) is 1. The van der Waals surface area contributed by atoms with E-state index in [9.17, 15) is 4.79 Å². The van der Waals surface area contributed by atoms with Gasteiger partial charge >= 0.3 is 0 Å². The Bertz CT molecular complexity index is 581. The first-order valence-corrected chi connectivity index (χ1v) is 8.81. The molecule has 126 valence electrons. The minimum Gasteiger partial charge on any atom is -0.378 e. The van der Waals surface area contributed by atoms with Gasteiger partial charge in [-0.1, -0.05) is 60.7 Å². The third-order valence-electron chi connectivity index (χ3n) is 4.61. The zero-order chi connectivity index (χ0) is 16.6. The summed E-state index contributed by atoms with van der Waals surface area (Å²) >= 11 is 0. The van der Waals surface area contributed by atoms with E-state index in [0.29, 0.717) is 19.1 Å². The molecule has 1 heterocycles. The summed E-state index contributed by atoms with van der Waals surface area (Å²) in [5.41, 5.74) is 2.36. The van der Waals surface area contributed by atoms with Crippen molar-refractivity contribution in [3.05, 3.63) is 71.8 Å². The molecule has 0 radical (unpaired) electrons. The molecule has 0 spiro atoms. The van der Waals surface area contributed by atoms with Gasteiger partial charge in [-0.15, -0.1) is 0 Å². The van der Waals surface area contributed by atoms with Gasteiger partial charge < -0.3 is 10.1 Å². The van der Waals surface area contributed by atoms with Crippen LogP contribution >= 0.6 is 0 Å². The monoisotopic (exact) mass is 323 g/mol. The number of rotatable bonds is 7. The maximum absolute atomic E-state index is 12.4. The third-order valence-corrected chi connectivity index (χ3v) is 4.61. The van der Waals surface area contributed by atoms with Crippen LogP contribution in [0.4, 0.5) is 0 Å². The normalized spacial score (nSPS) is 17.1. The first kappa shape index (κ1) is 16.7. The van der Waals surface area contributed by atoms with Gasteiger partial charge in [-0.3, -0.25) is 4.79 Å². The van der Waals surface area contributed by atoms with E-state index in [2.05, 4.69) is 29.6 Å². The molecule has 1 aliphatic heterocycles. The minimum atomic E-state index is 0.0927. The van der Waals surface area contributed by atoms with Gasteiger partial charge in [0, 0.05) is 25.5 Å². The molecule has 3 nitrogen and oxygen atoms in total. The lowest BCUT2D eigenvalue weighted by molar-refractivity contribution is -0.121. The summed E-state index contributed by atoms with van der Waals surface area (Å²) in [6.07, 6.45) is 3.96. The molecule has 0 bridgehead atoms. The lowest BCUT2D eigenvalue weighted by Crippen LogP contribution is -2.28. The second-order valence-electron chi connectivity index (χ2n) is 6.35. The van der Waals surface area contributed by atoms with Gasteiger partial charge in [-0.2, -0.15) is 0 Å². The molecular formula is C21H25NO2. The Morgan fingerprint density at radius 3 is 2.21 bits per heavy atom. The molecule has 3 rings (SSSR count). The fraction of sp³-hybridized carbons (Fsp3) is 0.381. The van der Waals surface area contributed by atoms with E-state index in [4.69, 9.17) is 4.74 Å². The van der Waals surface area contributed by atoms with Crippen LogP contribution in [0.25, 0.3) is 0 Å². The van der Waals surface area contributed by atoms with Crippen molar-refractivity contribution >= 4 is 5.91 Å². The Kier molecular flexibility index (Phi) is 6.02. The van der Waals surface area contributed by atoms with Crippen molar-refractivity contribution in [2.45, 2.75) is 37.7 Å². The highest BCUT2D eigenvalue weighted by molar-refractivity contribution is 5.77. The summed E-state index contributed by atoms with van der Waals surface area (Å²) in [7, 11) is 0. The number of hydrogen-bond donors (Lipinski definition) is 1. The number of amides is 1. The first-order chi connectivity index (χ1) is 11.8. The number of nitrogens with one attached hydrogen (secondary N) is 1. The Balaban J connectivity index is 1.60. The van der Waals surface area contributed by atoms with Gasteiger partial charge in [0.1, 0.15) is 0 Å². The summed E-state index contributed by atoms with van der Waals surface area (Å²) in [5, 5.41) is 3.06. The number of benzene rings is 2. The Morgan fingerprint density at radius 1 is 1.04 bits per heavy atom. The maximum Gasteiger partial charge on any atom is 0.220 e. The highest BCUT2D eigenvalue weighted by Crippen LogP contribution is 2.27. The van der Waals surface area contributed by atoms with Crippen LogP contribution in [0.2, 0.25) is 0 Å². The molecule has 3 heteroatoms. The molecular weight excluding hydrogens is 298 g/mol. The lowest BCUT2D eigenvalue weighted by Gasteiger charge is -2.18. The summed E-state index contributed by atoms with van der Waals surface area (Å²) in [4.78, 5) is 12.4. The highest BCUT2D eigenvalue weighted by atomic mass is 16.5. The molecule has 0 aromatic heterocycles. The van der Waals surface area contributed by atoms with Crippen molar-refractivity contribution in [1.82, 2.24) is 5.32 Å². The third kappa shape index (κ3) is 4.68. The van der Waals surface area contributed by atoms with E-state index in [0.717, 1.165) is 25.9 Å². The molecule has 1 amide bonds. The molecule has 1 N–H and O–H groups in total. The number of carbonyl (C=O) groups is 1. The van der Waals surface area contributed by atoms with E-state index in [1.807, 2.05) is 36.4 Å². The second kappa shape index (κ2) is 8.65. The van der Waals surface area contributed by atoms with E-state index >= 15 is 0 Å². The predicted octanol–water partition coefficient (Wildman–Crippen LogP) is 3.89. The minimum absolute atomic E-state index is 0.0927. The molecule has 24 heavy (non-hydrogen) atoms. The van der Waals surface area contributed by atoms with Gasteiger partial charge in [0.15, 0.2) is 0 Å². The second-order valence-corrected chi connectivity index (χ2v) is 6.35. The van der Waals surface area contributed by atoms with Gasteiger partial charge in [0.2, 0.25) is 5.91 Å². The zero-order valence-electron chi connectivity index (χ0n) is 14.0. The molecule has 1 fully saturated rings. The standard InChI is InChI=1S/C21H25NO2/c23-21(22-14-13-19-12-7-15-24-19)16-20(17-8-3-1-4-9-17)18-10-5-2-6-11-18/h1-6,8-11,19-20H,7,12-16H2,(H,22,23). The van der Waals surface area contributed by atoms with Gasteiger partial charge in [-0.25, -0.2) is 0 Å². The molecule has 0 aliphatic carbocycles. The van der Waals surface area contributed by atoms with Crippen molar-refractivity contribution in [2.24, 2.45) is 0 Å². The lowest BCUT2D eigenvalue weighted by atomic mass is 9.88. The maximum atomic E-state index is 12.4. The molecule has 0 saturated carbocycles. The van der Waals surface area contributed by atoms with E-state index in [1.165, 1.54) is 11.1 Å². The van der Waals surface area contributed by atoms with Crippen LogP contribution in [0.3, 0.4) is 0 Å². The number of carbonyl (C=O) groups excluding carboxylic acids is 1. The van der Waals surface area contributed by atoms with Crippen LogP contribution in [0, 0.1) is 0 Å². The van der Waals surface area contributed by atoms with Gasteiger partial charge in [-0.05, 0) is 30.4 Å². The van der Waals surface area contributed by atoms with E-state index in [-0.39, 0.29) is 11.8 Å². The van der Waals surface area contributed by atoms with Crippen molar-refractivity contribution in [3.63, 3.8) is 0 Å². The van der Waals surface area contributed by atoms with Crippen LogP contribution in [-0.2, 0) is 9.53 Å². The summed E-state index contributed by atoms with van der Waals surface area (Å²) in [6, 6.07) is 20.5. The zero-order valence-corrected chi connectivity index (χ0v) is 14.0. The van der Waals surface area contributed by atoms with E-state index < -0.39 is 0 Å². The Labute approximate surface area is 144 Å². The average molecular weight is 323 g/mol. The van der Waals surface area contributed by atoms with Crippen LogP contribution in [-0.4, -0.2) is 25.2 Å². The smallest absolute Gasteiger partial charge is 0.220 e. The van der Waals surface area contributed by atoms with Crippen LogP contribution in [0.5, 0.6) is 0 Å². The first-order valence-electron chi connectivity index (χ1n) is 8.81. The highest BCUT2D eigenvalue weighted by Gasteiger charge is 2.19. The fourth-order valence-electron chi connectivity index (χ4n) is 3.30. The van der Waals surface area contributed by atoms with Crippen LogP contribution in [0.1, 0.15) is 42.7 Å². The summed E-state index contributed by atoms with van der Waals surface area (Å²) in [6.45, 7) is 1.56. The average Bonchev–Trinajstić information content (AvgIpc) is 3.15. The largest absolute Gasteiger partial charge is 0.378 e. The molecule has 2 aromatic rings. The summed E-state index contributed by atoms with van der Waals surface area (Å²) < 4.78 is 5.60. The Hall–Kier alpha value is -2.13. The topological polar surface area (TPSA) is 38.3 Å². The quantitative estimate of drug-likeness (QED) is 0.839. The predicted molar refractivity (Wildman–Crippen MR) is 95.9 cm³/mol. The fourth-order valence-corrected chi connectivity index (χ4v) is 3.30. The van der Waals surface area contributed by atoms with Crippen molar-refractivity contribution in [1.29, 1.82) is 0 Å². The molecule has 1 saturated heterocycles. The molecule has 1 aliphatic rings. The van der Waals surface area contributed by atoms with Crippen LogP contribution in [0.15, 0.2) is 60.7 Å². The Morgan fingerprint density at radius 2 is 1.67 bits per heavy atom. The molecule has 2 aromatic carbocycles. The van der Waals surface area contributed by atoms with E-state index in [1.54, 1.807) is 0 Å². The van der Waals surface area contributed by atoms with Crippen molar-refractivity contribution < 1.29 is 9.53 Å². The van der Waals surface area contributed by atoms with Gasteiger partial charge in [0.05, 0.1) is 6.10 Å². The van der Waals surface area contributed by atoms with Crippen LogP contribution < -0.4 is 5.32 Å². The van der Waals surface area contributed by atoms with Crippen molar-refractivity contribution in [3.8, 4) is 0 Å². The summed E-state index contributed by atoms with van der Waals surface area (Å²) in [5.74, 6) is 0.195. The van der Waals surface area contributed by atoms with Gasteiger partial charge in [0.25, 0.3) is 0 Å². The van der Waals surface area contributed by atoms with Crippen molar-refractivity contribution in [2.75, 3.05) is 13.2 Å². The SMILES string of the molecule is O=C(CC(c1ccccc1)c1ccccc1)NCCC1CCCO1. The number of hydrogen-bond acceptors (Lipinski definition) is 2.